The molecular formula is C19H13ClNO3-. The third kappa shape index (κ3) is 3.55. The molecule has 3 aromatic carbocycles. The topological polar surface area (TPSA) is 69.2 Å². The van der Waals surface area contributed by atoms with Crippen LogP contribution < -0.4 is 10.4 Å². The molecule has 5 heteroatoms. The maximum absolute atomic E-state index is 12.6. The lowest BCUT2D eigenvalue weighted by molar-refractivity contribution is -0.304. The Labute approximate surface area is 143 Å². The van der Waals surface area contributed by atoms with Crippen LogP contribution in [0, 0.1) is 0 Å². The van der Waals surface area contributed by atoms with Crippen molar-refractivity contribution in [3.8, 4) is 0 Å². The summed E-state index contributed by atoms with van der Waals surface area (Å²) in [7, 11) is 0. The van der Waals surface area contributed by atoms with Gasteiger partial charge < -0.3 is 15.2 Å². The first-order valence-corrected chi connectivity index (χ1v) is 7.69. The number of anilines is 1. The first-order valence-electron chi connectivity index (χ1n) is 7.31. The Bertz CT molecular complexity index is 920. The number of carboxylic acid groups (broad SMARTS) is 1. The van der Waals surface area contributed by atoms with Crippen molar-refractivity contribution in [2.45, 2.75) is 6.42 Å². The van der Waals surface area contributed by atoms with Crippen molar-refractivity contribution >= 4 is 39.9 Å². The molecule has 4 nitrogen and oxygen atoms in total. The first-order chi connectivity index (χ1) is 11.5. The summed E-state index contributed by atoms with van der Waals surface area (Å²) in [6, 6.07) is 17.6. The second-order valence-corrected chi connectivity index (χ2v) is 5.80. The summed E-state index contributed by atoms with van der Waals surface area (Å²) < 4.78 is 0. The number of carbonyl (C=O) groups excluding carboxylic acids is 2. The van der Waals surface area contributed by atoms with E-state index >= 15 is 0 Å². The minimum Gasteiger partial charge on any atom is -0.550 e. The number of carbonyl (C=O) groups is 2. The fourth-order valence-corrected chi connectivity index (χ4v) is 2.66. The lowest BCUT2D eigenvalue weighted by Crippen LogP contribution is -2.26. The Morgan fingerprint density at radius 2 is 1.58 bits per heavy atom. The summed E-state index contributed by atoms with van der Waals surface area (Å²) in [5.41, 5.74) is 1.31. The van der Waals surface area contributed by atoms with E-state index < -0.39 is 5.97 Å². The van der Waals surface area contributed by atoms with Crippen LogP contribution in [0.2, 0.25) is 5.02 Å². The van der Waals surface area contributed by atoms with Crippen LogP contribution in [0.5, 0.6) is 0 Å². The maximum Gasteiger partial charge on any atom is 0.255 e. The number of halogens is 1. The summed E-state index contributed by atoms with van der Waals surface area (Å²) >= 11 is 5.83. The van der Waals surface area contributed by atoms with Gasteiger partial charge in [0.1, 0.15) is 0 Å². The molecule has 1 amide bonds. The molecule has 3 aromatic rings. The predicted octanol–water partition coefficient (Wildman–Crippen LogP) is 3.04. The number of hydrogen-bond donors (Lipinski definition) is 1. The maximum atomic E-state index is 12.6. The number of hydrogen-bond acceptors (Lipinski definition) is 3. The molecule has 0 aliphatic heterocycles. The van der Waals surface area contributed by atoms with Crippen molar-refractivity contribution in [2.24, 2.45) is 0 Å². The molecule has 0 aliphatic carbocycles. The van der Waals surface area contributed by atoms with E-state index in [-0.39, 0.29) is 12.3 Å². The van der Waals surface area contributed by atoms with Gasteiger partial charge >= 0.3 is 0 Å². The highest BCUT2D eigenvalue weighted by atomic mass is 35.5. The monoisotopic (exact) mass is 338 g/mol. The Balaban J connectivity index is 2.00. The minimum atomic E-state index is -1.23. The van der Waals surface area contributed by atoms with Crippen molar-refractivity contribution in [1.82, 2.24) is 0 Å². The molecule has 0 saturated carbocycles. The van der Waals surface area contributed by atoms with Crippen molar-refractivity contribution in [3.05, 3.63) is 76.8 Å². The minimum absolute atomic E-state index is 0.313. The lowest BCUT2D eigenvalue weighted by atomic mass is 9.98. The second-order valence-electron chi connectivity index (χ2n) is 5.37. The highest BCUT2D eigenvalue weighted by molar-refractivity contribution is 6.30. The Hall–Kier alpha value is -2.85. The smallest absolute Gasteiger partial charge is 0.255 e. The predicted molar refractivity (Wildman–Crippen MR) is 92.1 cm³/mol. The molecule has 0 aliphatic rings. The number of carboxylic acids is 1. The van der Waals surface area contributed by atoms with Gasteiger partial charge in [-0.25, -0.2) is 0 Å². The van der Waals surface area contributed by atoms with Gasteiger partial charge in [-0.1, -0.05) is 35.9 Å². The molecule has 0 aromatic heterocycles. The summed E-state index contributed by atoms with van der Waals surface area (Å²) in [5.74, 6) is -1.61. The Morgan fingerprint density at radius 1 is 0.958 bits per heavy atom. The fourth-order valence-electron chi connectivity index (χ4n) is 2.53. The molecule has 0 saturated heterocycles. The Morgan fingerprint density at radius 3 is 2.21 bits per heavy atom. The molecule has 0 spiro atoms. The van der Waals surface area contributed by atoms with Crippen molar-refractivity contribution in [3.63, 3.8) is 0 Å². The molecule has 0 unspecified atom stereocenters. The zero-order valence-electron chi connectivity index (χ0n) is 12.6. The molecule has 0 heterocycles. The summed E-state index contributed by atoms with van der Waals surface area (Å²) in [5, 5.41) is 16.1. The van der Waals surface area contributed by atoms with Crippen LogP contribution >= 0.6 is 11.6 Å². The van der Waals surface area contributed by atoms with Crippen LogP contribution in [-0.4, -0.2) is 11.9 Å². The fraction of sp³-hybridized carbons (Fsp3) is 0.0526. The SMILES string of the molecule is O=C([O-])Cc1cc2ccccc2cc1C(=O)Nc1ccc(Cl)cc1. The van der Waals surface area contributed by atoms with E-state index in [1.165, 1.54) is 0 Å². The molecule has 0 bridgehead atoms. The highest BCUT2D eigenvalue weighted by Gasteiger charge is 2.13. The van der Waals surface area contributed by atoms with E-state index in [4.69, 9.17) is 11.6 Å². The molecule has 24 heavy (non-hydrogen) atoms. The number of amides is 1. The number of nitrogens with one attached hydrogen (secondary N) is 1. The standard InChI is InChI=1S/C19H14ClNO3/c20-15-5-7-16(8-6-15)21-19(24)17-10-13-4-2-1-3-12(13)9-14(17)11-18(22)23/h1-10H,11H2,(H,21,24)(H,22,23)/p-1. The van der Waals surface area contributed by atoms with Gasteiger partial charge in [-0.2, -0.15) is 0 Å². The van der Waals surface area contributed by atoms with Gasteiger partial charge in [-0.3, -0.25) is 4.79 Å². The van der Waals surface area contributed by atoms with Crippen molar-refractivity contribution in [1.29, 1.82) is 0 Å². The van der Waals surface area contributed by atoms with Crippen LogP contribution in [0.25, 0.3) is 10.8 Å². The summed E-state index contributed by atoms with van der Waals surface area (Å²) in [4.78, 5) is 23.6. The normalized spacial score (nSPS) is 10.5. The molecule has 0 atom stereocenters. The summed E-state index contributed by atoms with van der Waals surface area (Å²) in [6.45, 7) is 0. The van der Waals surface area contributed by atoms with Crippen LogP contribution in [0.1, 0.15) is 15.9 Å². The molecular weight excluding hydrogens is 326 g/mol. The van der Waals surface area contributed by atoms with Gasteiger partial charge in [0.15, 0.2) is 0 Å². The van der Waals surface area contributed by atoms with Gasteiger partial charge in [-0.05, 0) is 52.7 Å². The van der Waals surface area contributed by atoms with Gasteiger partial charge in [0, 0.05) is 28.7 Å². The van der Waals surface area contributed by atoms with E-state index in [2.05, 4.69) is 5.32 Å². The number of benzene rings is 3. The molecule has 0 fully saturated rings. The number of rotatable bonds is 4. The third-order valence-electron chi connectivity index (χ3n) is 3.65. The zero-order chi connectivity index (χ0) is 17.1. The average molecular weight is 339 g/mol. The second kappa shape index (κ2) is 6.72. The Kier molecular flexibility index (Phi) is 4.49. The first kappa shape index (κ1) is 16.0. The zero-order valence-corrected chi connectivity index (χ0v) is 13.3. The summed E-state index contributed by atoms with van der Waals surface area (Å²) in [6.07, 6.45) is -0.325. The molecule has 3 rings (SSSR count). The van der Waals surface area contributed by atoms with E-state index in [9.17, 15) is 14.7 Å². The van der Waals surface area contributed by atoms with Gasteiger partial charge in [-0.15, -0.1) is 0 Å². The van der Waals surface area contributed by atoms with E-state index in [1.54, 1.807) is 36.4 Å². The van der Waals surface area contributed by atoms with Gasteiger partial charge in [0.2, 0.25) is 0 Å². The van der Waals surface area contributed by atoms with Crippen LogP contribution in [0.3, 0.4) is 0 Å². The number of fused-ring (bicyclic) bond motifs is 1. The third-order valence-corrected chi connectivity index (χ3v) is 3.91. The van der Waals surface area contributed by atoms with E-state index in [1.807, 2.05) is 24.3 Å². The van der Waals surface area contributed by atoms with Crippen molar-refractivity contribution < 1.29 is 14.7 Å². The molecule has 0 radical (unpaired) electrons. The van der Waals surface area contributed by atoms with E-state index in [0.29, 0.717) is 21.8 Å². The van der Waals surface area contributed by atoms with Crippen LogP contribution in [0.15, 0.2) is 60.7 Å². The quantitative estimate of drug-likeness (QED) is 0.795. The van der Waals surface area contributed by atoms with Gasteiger partial charge in [0.25, 0.3) is 5.91 Å². The van der Waals surface area contributed by atoms with E-state index in [0.717, 1.165) is 10.8 Å². The average Bonchev–Trinajstić information content (AvgIpc) is 2.55. The van der Waals surface area contributed by atoms with Gasteiger partial charge in [0.05, 0.1) is 0 Å². The molecule has 1 N–H and O–H groups in total. The van der Waals surface area contributed by atoms with Crippen LogP contribution in [-0.2, 0) is 11.2 Å². The van der Waals surface area contributed by atoms with Crippen molar-refractivity contribution in [2.75, 3.05) is 5.32 Å². The lowest BCUT2D eigenvalue weighted by Gasteiger charge is -2.13. The molecule has 120 valence electrons. The highest BCUT2D eigenvalue weighted by Crippen LogP contribution is 2.22. The number of aliphatic carboxylic acids is 1. The van der Waals surface area contributed by atoms with Crippen LogP contribution in [0.4, 0.5) is 5.69 Å². The largest absolute Gasteiger partial charge is 0.550 e.